The van der Waals surface area contributed by atoms with Crippen LogP contribution in [-0.4, -0.2) is 54.9 Å². The van der Waals surface area contributed by atoms with E-state index in [0.29, 0.717) is 6.54 Å². The summed E-state index contributed by atoms with van der Waals surface area (Å²) in [6, 6.07) is 0.140. The van der Waals surface area contributed by atoms with Crippen LogP contribution >= 0.6 is 0 Å². The van der Waals surface area contributed by atoms with E-state index in [2.05, 4.69) is 15.5 Å². The molecule has 2 amide bonds. The zero-order valence-electron chi connectivity index (χ0n) is 12.4. The number of carbonyl (C=O) groups excluding carboxylic acids is 1. The van der Waals surface area contributed by atoms with Gasteiger partial charge in [-0.1, -0.05) is 19.3 Å². The number of likely N-dealkylation sites (tertiary alicyclic amines) is 1. The Labute approximate surface area is 122 Å². The summed E-state index contributed by atoms with van der Waals surface area (Å²) < 4.78 is 0. The molecule has 1 aliphatic carbocycles. The molecule has 20 heavy (non-hydrogen) atoms. The summed E-state index contributed by atoms with van der Waals surface area (Å²) in [5.41, 5.74) is 0. The van der Waals surface area contributed by atoms with Crippen LogP contribution in [-0.2, 0) is 0 Å². The molecule has 0 atom stereocenters. The van der Waals surface area contributed by atoms with Gasteiger partial charge in [0.25, 0.3) is 0 Å². The van der Waals surface area contributed by atoms with E-state index in [1.165, 1.54) is 38.6 Å². The monoisotopic (exact) mass is 283 g/mol. The highest BCUT2D eigenvalue weighted by molar-refractivity contribution is 5.74. The lowest BCUT2D eigenvalue weighted by Gasteiger charge is -2.35. The van der Waals surface area contributed by atoms with E-state index in [9.17, 15) is 4.79 Å². The number of rotatable bonds is 5. The second kappa shape index (κ2) is 8.47. The Morgan fingerprint density at radius 1 is 1.10 bits per heavy atom. The topological polar surface area (TPSA) is 64.6 Å². The van der Waals surface area contributed by atoms with E-state index in [4.69, 9.17) is 5.11 Å². The van der Waals surface area contributed by atoms with Crippen LogP contribution in [0.15, 0.2) is 0 Å². The molecule has 116 valence electrons. The zero-order chi connectivity index (χ0) is 14.2. The van der Waals surface area contributed by atoms with Crippen LogP contribution in [0.2, 0.25) is 0 Å². The van der Waals surface area contributed by atoms with Crippen molar-refractivity contribution in [3.8, 4) is 0 Å². The van der Waals surface area contributed by atoms with Crippen molar-refractivity contribution in [3.63, 3.8) is 0 Å². The minimum atomic E-state index is -0.148. The third kappa shape index (κ3) is 5.29. The number of aliphatic hydroxyl groups is 1. The van der Waals surface area contributed by atoms with Crippen LogP contribution in [0.5, 0.6) is 0 Å². The molecule has 3 N–H and O–H groups in total. The van der Waals surface area contributed by atoms with E-state index in [1.54, 1.807) is 0 Å². The molecule has 2 aliphatic rings. The number of urea groups is 1. The van der Waals surface area contributed by atoms with Gasteiger partial charge in [-0.2, -0.15) is 0 Å². The molecule has 0 aromatic carbocycles. The smallest absolute Gasteiger partial charge is 0.315 e. The number of nitrogens with one attached hydrogen (secondary N) is 2. The number of hydrogen-bond acceptors (Lipinski definition) is 3. The highest BCUT2D eigenvalue weighted by atomic mass is 16.3. The van der Waals surface area contributed by atoms with Gasteiger partial charge in [-0.05, 0) is 31.6 Å². The molecule has 0 unspecified atom stereocenters. The lowest BCUT2D eigenvalue weighted by Crippen LogP contribution is -2.49. The molecule has 1 aliphatic heterocycles. The summed E-state index contributed by atoms with van der Waals surface area (Å²) in [5, 5.41) is 14.3. The number of aliphatic hydroxyl groups excluding tert-OH is 1. The van der Waals surface area contributed by atoms with Crippen LogP contribution in [0.3, 0.4) is 0 Å². The first kappa shape index (κ1) is 15.6. The predicted molar refractivity (Wildman–Crippen MR) is 79.7 cm³/mol. The number of piperidine rings is 1. The van der Waals surface area contributed by atoms with E-state index in [1.807, 2.05) is 0 Å². The fourth-order valence-electron chi connectivity index (χ4n) is 3.40. The van der Waals surface area contributed by atoms with Crippen molar-refractivity contribution in [2.24, 2.45) is 5.92 Å². The first-order valence-corrected chi connectivity index (χ1v) is 8.15. The maximum Gasteiger partial charge on any atom is 0.315 e. The van der Waals surface area contributed by atoms with Crippen molar-refractivity contribution in [3.05, 3.63) is 0 Å². The highest BCUT2D eigenvalue weighted by Gasteiger charge is 2.23. The summed E-state index contributed by atoms with van der Waals surface area (Å²) in [5.74, 6) is 0.904. The van der Waals surface area contributed by atoms with Gasteiger partial charge in [0.15, 0.2) is 0 Å². The molecule has 5 nitrogen and oxygen atoms in total. The first-order chi connectivity index (χ1) is 9.78. The summed E-state index contributed by atoms with van der Waals surface area (Å²) in [6.07, 6.45) is 9.13. The summed E-state index contributed by atoms with van der Waals surface area (Å²) in [4.78, 5) is 14.1. The van der Waals surface area contributed by atoms with Crippen molar-refractivity contribution in [2.75, 3.05) is 32.8 Å². The Hall–Kier alpha value is -0.810. The quantitative estimate of drug-likeness (QED) is 0.713. The van der Waals surface area contributed by atoms with Gasteiger partial charge in [0.05, 0.1) is 6.61 Å². The molecular weight excluding hydrogens is 254 g/mol. The molecule has 1 saturated carbocycles. The van der Waals surface area contributed by atoms with Crippen molar-refractivity contribution in [1.29, 1.82) is 0 Å². The van der Waals surface area contributed by atoms with Crippen LogP contribution in [0.25, 0.3) is 0 Å². The Bertz CT molecular complexity index is 285. The fourth-order valence-corrected chi connectivity index (χ4v) is 3.40. The van der Waals surface area contributed by atoms with Crippen molar-refractivity contribution < 1.29 is 9.90 Å². The SMILES string of the molecule is O=C(NCCO)NC1CCN(CC2CCCCC2)CC1. The van der Waals surface area contributed by atoms with E-state index in [0.717, 1.165) is 31.8 Å². The molecule has 0 radical (unpaired) electrons. The van der Waals surface area contributed by atoms with Crippen LogP contribution in [0, 0.1) is 5.92 Å². The van der Waals surface area contributed by atoms with E-state index < -0.39 is 0 Å². The van der Waals surface area contributed by atoms with E-state index in [-0.39, 0.29) is 18.7 Å². The minimum Gasteiger partial charge on any atom is -0.395 e. The van der Waals surface area contributed by atoms with Gasteiger partial charge in [-0.15, -0.1) is 0 Å². The third-order valence-corrected chi connectivity index (χ3v) is 4.56. The summed E-state index contributed by atoms with van der Waals surface area (Å²) in [7, 11) is 0. The first-order valence-electron chi connectivity index (χ1n) is 8.15. The molecule has 1 saturated heterocycles. The second-order valence-corrected chi connectivity index (χ2v) is 6.20. The van der Waals surface area contributed by atoms with Crippen molar-refractivity contribution in [1.82, 2.24) is 15.5 Å². The zero-order valence-corrected chi connectivity index (χ0v) is 12.4. The van der Waals surface area contributed by atoms with Gasteiger partial charge < -0.3 is 20.6 Å². The lowest BCUT2D eigenvalue weighted by molar-refractivity contribution is 0.155. The van der Waals surface area contributed by atoms with Crippen molar-refractivity contribution >= 4 is 6.03 Å². The molecule has 5 heteroatoms. The average molecular weight is 283 g/mol. The van der Waals surface area contributed by atoms with Gasteiger partial charge in [-0.25, -0.2) is 4.79 Å². The molecule has 2 rings (SSSR count). The van der Waals surface area contributed by atoms with Gasteiger partial charge in [0, 0.05) is 32.2 Å². The Kier molecular flexibility index (Phi) is 6.60. The number of hydrogen-bond donors (Lipinski definition) is 3. The standard InChI is InChI=1S/C15H29N3O2/c19-11-8-16-15(20)17-14-6-9-18(10-7-14)12-13-4-2-1-3-5-13/h13-14,19H,1-12H2,(H2,16,17,20). The maximum atomic E-state index is 11.5. The fraction of sp³-hybridized carbons (Fsp3) is 0.933. The molecule has 0 aromatic heterocycles. The molecular formula is C15H29N3O2. The largest absolute Gasteiger partial charge is 0.395 e. The molecule has 0 spiro atoms. The summed E-state index contributed by atoms with van der Waals surface area (Å²) >= 11 is 0. The number of amides is 2. The van der Waals surface area contributed by atoms with Gasteiger partial charge in [0.1, 0.15) is 0 Å². The van der Waals surface area contributed by atoms with Crippen molar-refractivity contribution in [2.45, 2.75) is 51.0 Å². The molecule has 1 heterocycles. The average Bonchev–Trinajstić information content (AvgIpc) is 2.48. The Morgan fingerprint density at radius 2 is 1.80 bits per heavy atom. The normalized spacial score (nSPS) is 22.6. The van der Waals surface area contributed by atoms with Gasteiger partial charge in [-0.3, -0.25) is 0 Å². The Balaban J connectivity index is 1.60. The Morgan fingerprint density at radius 3 is 2.45 bits per heavy atom. The minimum absolute atomic E-state index is 0.00669. The molecule has 0 aromatic rings. The number of carbonyl (C=O) groups is 1. The summed E-state index contributed by atoms with van der Waals surface area (Å²) in [6.45, 7) is 3.77. The van der Waals surface area contributed by atoms with Crippen LogP contribution in [0.4, 0.5) is 4.79 Å². The molecule has 2 fully saturated rings. The lowest BCUT2D eigenvalue weighted by atomic mass is 9.88. The van der Waals surface area contributed by atoms with Crippen LogP contribution in [0.1, 0.15) is 44.9 Å². The molecule has 0 bridgehead atoms. The third-order valence-electron chi connectivity index (χ3n) is 4.56. The van der Waals surface area contributed by atoms with Crippen LogP contribution < -0.4 is 10.6 Å². The highest BCUT2D eigenvalue weighted by Crippen LogP contribution is 2.25. The number of nitrogens with zero attached hydrogens (tertiary/aromatic N) is 1. The van der Waals surface area contributed by atoms with Gasteiger partial charge in [0.2, 0.25) is 0 Å². The second-order valence-electron chi connectivity index (χ2n) is 6.20. The maximum absolute atomic E-state index is 11.5. The van der Waals surface area contributed by atoms with E-state index >= 15 is 0 Å². The van der Waals surface area contributed by atoms with Gasteiger partial charge >= 0.3 is 6.03 Å². The predicted octanol–water partition coefficient (Wildman–Crippen LogP) is 1.32.